The van der Waals surface area contributed by atoms with Crippen molar-refractivity contribution in [2.75, 3.05) is 0 Å². The molecule has 1 amide bonds. The molecule has 8 nitrogen and oxygen atoms in total. The van der Waals surface area contributed by atoms with Gasteiger partial charge < -0.3 is 9.64 Å². The third kappa shape index (κ3) is 3.81. The molecule has 2 aliphatic rings. The second-order valence-electron chi connectivity index (χ2n) is 8.42. The quantitative estimate of drug-likeness (QED) is 0.595. The number of carbonyl (C=O) groups excluding carboxylic acids is 1. The number of hydrogen-bond donors (Lipinski definition) is 0. The monoisotopic (exact) mass is 458 g/mol. The Bertz CT molecular complexity index is 1170. The summed E-state index contributed by atoms with van der Waals surface area (Å²) in [6, 6.07) is 5.47. The first-order valence-corrected chi connectivity index (χ1v) is 10.6. The number of fused-ring (bicyclic) bond motifs is 2. The second kappa shape index (κ2) is 7.82. The van der Waals surface area contributed by atoms with Gasteiger partial charge in [0.2, 0.25) is 0 Å². The predicted octanol–water partition coefficient (Wildman–Crippen LogP) is 3.46. The van der Waals surface area contributed by atoms with Crippen molar-refractivity contribution in [2.45, 2.75) is 51.1 Å². The summed E-state index contributed by atoms with van der Waals surface area (Å²) in [5, 5.41) is 8.26. The number of rotatable bonds is 4. The third-order valence-electron chi connectivity index (χ3n) is 6.39. The molecule has 0 unspecified atom stereocenters. The Morgan fingerprint density at radius 2 is 1.88 bits per heavy atom. The lowest BCUT2D eigenvalue weighted by Crippen LogP contribution is -2.51. The van der Waals surface area contributed by atoms with Crippen LogP contribution in [0.5, 0.6) is 5.75 Å². The Morgan fingerprint density at radius 1 is 1.12 bits per heavy atom. The van der Waals surface area contributed by atoms with Crippen LogP contribution in [0.2, 0.25) is 0 Å². The van der Waals surface area contributed by atoms with Gasteiger partial charge in [0.25, 0.3) is 5.91 Å². The number of hydrogen-bond acceptors (Lipinski definition) is 6. The van der Waals surface area contributed by atoms with Crippen molar-refractivity contribution in [3.63, 3.8) is 0 Å². The molecule has 0 aromatic carbocycles. The molecule has 2 fully saturated rings. The molecule has 1 aliphatic carbocycles. The normalized spacial score (nSPS) is 24.3. The first kappa shape index (κ1) is 21.4. The summed E-state index contributed by atoms with van der Waals surface area (Å²) in [7, 11) is 0. The third-order valence-corrected chi connectivity index (χ3v) is 6.39. The summed E-state index contributed by atoms with van der Waals surface area (Å²) in [6.45, 7) is 3.81. The van der Waals surface area contributed by atoms with Gasteiger partial charge in [-0.05, 0) is 56.9 Å². The van der Waals surface area contributed by atoms with Crippen molar-refractivity contribution < 1.29 is 22.7 Å². The lowest BCUT2D eigenvalue weighted by atomic mass is 9.98. The van der Waals surface area contributed by atoms with Crippen LogP contribution in [0.3, 0.4) is 0 Å². The summed E-state index contributed by atoms with van der Waals surface area (Å²) in [4.78, 5) is 24.8. The van der Waals surface area contributed by atoms with Crippen LogP contribution in [0.1, 0.15) is 41.6 Å². The first-order valence-electron chi connectivity index (χ1n) is 10.6. The fourth-order valence-electron chi connectivity index (χ4n) is 4.81. The second-order valence-corrected chi connectivity index (χ2v) is 8.42. The van der Waals surface area contributed by atoms with Crippen LogP contribution in [0.15, 0.2) is 42.9 Å². The van der Waals surface area contributed by atoms with Crippen molar-refractivity contribution in [2.24, 2.45) is 5.92 Å². The van der Waals surface area contributed by atoms with Gasteiger partial charge in [-0.25, -0.2) is 9.97 Å². The average molecular weight is 458 g/mol. The lowest BCUT2D eigenvalue weighted by molar-refractivity contribution is -0.141. The van der Waals surface area contributed by atoms with Gasteiger partial charge >= 0.3 is 6.18 Å². The minimum atomic E-state index is -4.51. The molecule has 4 atom stereocenters. The van der Waals surface area contributed by atoms with Gasteiger partial charge in [-0.2, -0.15) is 23.4 Å². The largest absolute Gasteiger partial charge is 0.487 e. The van der Waals surface area contributed by atoms with E-state index in [9.17, 15) is 18.0 Å². The minimum absolute atomic E-state index is 0.0196. The Hall–Kier alpha value is -3.50. The molecule has 2 bridgehead atoms. The number of pyridine rings is 2. The molecule has 3 aromatic heterocycles. The highest BCUT2D eigenvalue weighted by Crippen LogP contribution is 2.45. The lowest BCUT2D eigenvalue weighted by Gasteiger charge is -2.37. The number of nitrogens with zero attached hydrogens (tertiary/aromatic N) is 6. The maximum Gasteiger partial charge on any atom is 0.433 e. The topological polar surface area (TPSA) is 86.0 Å². The van der Waals surface area contributed by atoms with E-state index in [1.54, 1.807) is 24.0 Å². The van der Waals surface area contributed by atoms with Crippen LogP contribution >= 0.6 is 0 Å². The summed E-state index contributed by atoms with van der Waals surface area (Å²) >= 11 is 0. The maximum atomic E-state index is 13.7. The van der Waals surface area contributed by atoms with Crippen LogP contribution in [0.25, 0.3) is 5.69 Å². The van der Waals surface area contributed by atoms with E-state index in [0.717, 1.165) is 18.7 Å². The summed E-state index contributed by atoms with van der Waals surface area (Å²) in [5.74, 6) is 0.225. The van der Waals surface area contributed by atoms with Crippen LogP contribution < -0.4 is 4.74 Å². The first-order chi connectivity index (χ1) is 15.7. The molecule has 33 heavy (non-hydrogen) atoms. The molecule has 3 aromatic rings. The standard InChI is InChI=1S/C22H21F3N6O2/c1-12-3-5-16(31-27-7-8-28-31)20(29-12)21(32)30-13(2)14-9-17(30)18(10-14)33-15-4-6-19(26-11-15)22(23,24)25/h3-8,11,13-14,17-18H,9-10H2,1-2H3/t13-,14-,17+,18-/m1/s1. The molecule has 172 valence electrons. The zero-order valence-corrected chi connectivity index (χ0v) is 17.9. The van der Waals surface area contributed by atoms with Gasteiger partial charge in [0.15, 0.2) is 5.69 Å². The Morgan fingerprint density at radius 3 is 2.52 bits per heavy atom. The number of likely N-dealkylation sites (tertiary alicyclic amines) is 1. The summed E-state index contributed by atoms with van der Waals surface area (Å²) in [6.07, 6.45) is 0.745. The Balaban J connectivity index is 1.40. The fourth-order valence-corrected chi connectivity index (χ4v) is 4.81. The number of aromatic nitrogens is 5. The number of piperidine rings is 1. The highest BCUT2D eigenvalue weighted by molar-refractivity contribution is 5.96. The minimum Gasteiger partial charge on any atom is -0.487 e. The van der Waals surface area contributed by atoms with Crippen LogP contribution in [-0.2, 0) is 6.18 Å². The molecule has 0 radical (unpaired) electrons. The molecular formula is C22H21F3N6O2. The van der Waals surface area contributed by atoms with Crippen LogP contribution in [-0.4, -0.2) is 54.0 Å². The van der Waals surface area contributed by atoms with Crippen molar-refractivity contribution in [3.8, 4) is 11.4 Å². The van der Waals surface area contributed by atoms with E-state index in [4.69, 9.17) is 4.74 Å². The Labute approximate surface area is 187 Å². The van der Waals surface area contributed by atoms with Gasteiger partial charge in [-0.3, -0.25) is 4.79 Å². The van der Waals surface area contributed by atoms with Gasteiger partial charge in [-0.1, -0.05) is 0 Å². The van der Waals surface area contributed by atoms with E-state index in [0.29, 0.717) is 17.8 Å². The number of ether oxygens (including phenoxy) is 1. The van der Waals surface area contributed by atoms with E-state index >= 15 is 0 Å². The molecular weight excluding hydrogens is 437 g/mol. The van der Waals surface area contributed by atoms with Gasteiger partial charge in [0.05, 0.1) is 24.6 Å². The molecule has 11 heteroatoms. The highest BCUT2D eigenvalue weighted by atomic mass is 19.4. The van der Waals surface area contributed by atoms with Gasteiger partial charge in [-0.15, -0.1) is 4.80 Å². The van der Waals surface area contributed by atoms with E-state index in [1.165, 1.54) is 23.3 Å². The molecule has 5 rings (SSSR count). The fraction of sp³-hybridized carbons (Fsp3) is 0.409. The zero-order valence-electron chi connectivity index (χ0n) is 17.9. The SMILES string of the molecule is Cc1ccc(-n2nccn2)c(C(=O)N2[C@H](C)[C@H]3C[C@@H](Oc4ccc(C(F)(F)F)nc4)[C@@H]2C3)n1. The Kier molecular flexibility index (Phi) is 5.06. The smallest absolute Gasteiger partial charge is 0.433 e. The van der Waals surface area contributed by atoms with Crippen LogP contribution in [0, 0.1) is 12.8 Å². The van der Waals surface area contributed by atoms with Crippen molar-refractivity contribution in [3.05, 3.63) is 59.9 Å². The van der Waals surface area contributed by atoms with Crippen LogP contribution in [0.4, 0.5) is 13.2 Å². The number of aryl methyl sites for hydroxylation is 1. The van der Waals surface area contributed by atoms with E-state index < -0.39 is 11.9 Å². The van der Waals surface area contributed by atoms with Gasteiger partial charge in [0, 0.05) is 11.7 Å². The van der Waals surface area contributed by atoms with Gasteiger partial charge in [0.1, 0.15) is 23.2 Å². The molecule has 1 saturated heterocycles. The van der Waals surface area contributed by atoms with Crippen molar-refractivity contribution in [1.29, 1.82) is 0 Å². The number of halogens is 3. The highest BCUT2D eigenvalue weighted by Gasteiger charge is 2.53. The maximum absolute atomic E-state index is 13.7. The zero-order chi connectivity index (χ0) is 23.3. The number of amides is 1. The van der Waals surface area contributed by atoms with E-state index in [2.05, 4.69) is 20.2 Å². The number of alkyl halides is 3. The van der Waals surface area contributed by atoms with Crippen molar-refractivity contribution in [1.82, 2.24) is 29.9 Å². The molecule has 1 aliphatic heterocycles. The van der Waals surface area contributed by atoms with E-state index in [1.807, 2.05) is 6.92 Å². The molecule has 0 spiro atoms. The molecule has 4 heterocycles. The summed E-state index contributed by atoms with van der Waals surface area (Å²) in [5.41, 5.74) is 0.448. The predicted molar refractivity (Wildman–Crippen MR) is 110 cm³/mol. The molecule has 0 N–H and O–H groups in total. The summed E-state index contributed by atoms with van der Waals surface area (Å²) < 4.78 is 44.4. The number of carbonyl (C=O) groups is 1. The molecule has 1 saturated carbocycles. The average Bonchev–Trinajstić information content (AvgIpc) is 3.50. The van der Waals surface area contributed by atoms with Crippen molar-refractivity contribution >= 4 is 5.91 Å². The van der Waals surface area contributed by atoms with E-state index in [-0.39, 0.29) is 41.5 Å².